The molecule has 0 aromatic carbocycles. The second-order valence-electron chi connectivity index (χ2n) is 4.48. The lowest BCUT2D eigenvalue weighted by molar-refractivity contribution is -0.132. The van der Waals surface area contributed by atoms with Crippen LogP contribution in [-0.4, -0.2) is 41.0 Å². The predicted molar refractivity (Wildman–Crippen MR) is 67.9 cm³/mol. The van der Waals surface area contributed by atoms with Crippen molar-refractivity contribution < 1.29 is 9.53 Å². The van der Waals surface area contributed by atoms with Gasteiger partial charge in [-0.05, 0) is 5.92 Å². The molecule has 0 aliphatic carbocycles. The van der Waals surface area contributed by atoms with Crippen molar-refractivity contribution in [1.29, 1.82) is 0 Å². The summed E-state index contributed by atoms with van der Waals surface area (Å²) in [5, 5.41) is 0. The minimum absolute atomic E-state index is 0.101. The Bertz CT molecular complexity index is 409. The van der Waals surface area contributed by atoms with E-state index in [9.17, 15) is 4.79 Å². The first-order chi connectivity index (χ1) is 8.47. The Hall–Kier alpha value is -1.69. The Morgan fingerprint density at radius 1 is 1.44 bits per heavy atom. The van der Waals surface area contributed by atoms with Crippen LogP contribution in [0.4, 0.5) is 0 Å². The van der Waals surface area contributed by atoms with Crippen molar-refractivity contribution in [3.05, 3.63) is 18.1 Å². The maximum absolute atomic E-state index is 12.0. The van der Waals surface area contributed by atoms with E-state index in [0.717, 1.165) is 0 Å². The Balaban J connectivity index is 2.75. The summed E-state index contributed by atoms with van der Waals surface area (Å²) in [6, 6.07) is -0.502. The zero-order valence-corrected chi connectivity index (χ0v) is 11.3. The fraction of sp³-hybridized carbons (Fsp3) is 0.583. The smallest absolute Gasteiger partial charge is 0.239 e. The van der Waals surface area contributed by atoms with E-state index in [0.29, 0.717) is 18.1 Å². The summed E-state index contributed by atoms with van der Waals surface area (Å²) in [6.45, 7) is 4.16. The monoisotopic (exact) mass is 252 g/mol. The third kappa shape index (κ3) is 3.40. The number of ether oxygens (including phenoxy) is 1. The summed E-state index contributed by atoms with van der Waals surface area (Å²) in [7, 11) is 3.22. The van der Waals surface area contributed by atoms with Crippen LogP contribution in [0.15, 0.2) is 12.4 Å². The van der Waals surface area contributed by atoms with Gasteiger partial charge in [0.1, 0.15) is 5.69 Å². The third-order valence-corrected chi connectivity index (χ3v) is 2.70. The van der Waals surface area contributed by atoms with Crippen molar-refractivity contribution in [2.45, 2.75) is 26.4 Å². The number of hydrogen-bond donors (Lipinski definition) is 1. The Morgan fingerprint density at radius 3 is 2.61 bits per heavy atom. The van der Waals surface area contributed by atoms with E-state index in [2.05, 4.69) is 9.97 Å². The van der Waals surface area contributed by atoms with Crippen LogP contribution >= 0.6 is 0 Å². The molecular weight excluding hydrogens is 232 g/mol. The molecule has 18 heavy (non-hydrogen) atoms. The highest BCUT2D eigenvalue weighted by Gasteiger charge is 2.22. The molecule has 1 aromatic rings. The fourth-order valence-electron chi connectivity index (χ4n) is 1.48. The van der Waals surface area contributed by atoms with Gasteiger partial charge in [0.2, 0.25) is 11.8 Å². The van der Waals surface area contributed by atoms with Gasteiger partial charge in [-0.1, -0.05) is 13.8 Å². The second-order valence-corrected chi connectivity index (χ2v) is 4.48. The molecule has 100 valence electrons. The van der Waals surface area contributed by atoms with E-state index in [1.165, 1.54) is 12.0 Å². The molecule has 1 rings (SSSR count). The van der Waals surface area contributed by atoms with Crippen LogP contribution in [-0.2, 0) is 11.3 Å². The van der Waals surface area contributed by atoms with Crippen molar-refractivity contribution in [3.8, 4) is 5.88 Å². The van der Waals surface area contributed by atoms with Gasteiger partial charge in [0.15, 0.2) is 0 Å². The van der Waals surface area contributed by atoms with Gasteiger partial charge in [0.05, 0.1) is 19.7 Å². The molecule has 2 N–H and O–H groups in total. The lowest BCUT2D eigenvalue weighted by atomic mass is 10.0. The molecule has 1 amide bonds. The molecule has 1 heterocycles. The molecule has 0 radical (unpaired) electrons. The van der Waals surface area contributed by atoms with Gasteiger partial charge < -0.3 is 15.4 Å². The van der Waals surface area contributed by atoms with Gasteiger partial charge in [-0.25, -0.2) is 4.98 Å². The van der Waals surface area contributed by atoms with E-state index < -0.39 is 6.04 Å². The topological polar surface area (TPSA) is 81.3 Å². The molecule has 1 atom stereocenters. The molecule has 0 fully saturated rings. The highest BCUT2D eigenvalue weighted by atomic mass is 16.5. The van der Waals surface area contributed by atoms with E-state index in [1.54, 1.807) is 19.4 Å². The van der Waals surface area contributed by atoms with Gasteiger partial charge >= 0.3 is 0 Å². The van der Waals surface area contributed by atoms with Crippen molar-refractivity contribution in [1.82, 2.24) is 14.9 Å². The molecule has 1 unspecified atom stereocenters. The number of methoxy groups -OCH3 is 1. The van der Waals surface area contributed by atoms with Crippen molar-refractivity contribution in [2.75, 3.05) is 14.2 Å². The third-order valence-electron chi connectivity index (χ3n) is 2.70. The maximum atomic E-state index is 12.0. The van der Waals surface area contributed by atoms with Crippen LogP contribution < -0.4 is 10.5 Å². The highest BCUT2D eigenvalue weighted by molar-refractivity contribution is 5.81. The quantitative estimate of drug-likeness (QED) is 0.821. The lowest BCUT2D eigenvalue weighted by Gasteiger charge is -2.23. The van der Waals surface area contributed by atoms with Gasteiger partial charge in [0, 0.05) is 19.4 Å². The zero-order chi connectivity index (χ0) is 13.7. The van der Waals surface area contributed by atoms with Crippen molar-refractivity contribution in [2.24, 2.45) is 11.7 Å². The first kappa shape index (κ1) is 14.4. The number of nitrogens with two attached hydrogens (primary N) is 1. The van der Waals surface area contributed by atoms with Crippen LogP contribution in [0.5, 0.6) is 5.88 Å². The van der Waals surface area contributed by atoms with E-state index in [1.807, 2.05) is 13.8 Å². The van der Waals surface area contributed by atoms with Gasteiger partial charge in [-0.15, -0.1) is 0 Å². The Morgan fingerprint density at radius 2 is 2.06 bits per heavy atom. The molecule has 6 heteroatoms. The van der Waals surface area contributed by atoms with E-state index >= 15 is 0 Å². The molecule has 0 saturated carbocycles. The summed E-state index contributed by atoms with van der Waals surface area (Å²) in [6.07, 6.45) is 3.11. The minimum atomic E-state index is -0.502. The average molecular weight is 252 g/mol. The lowest BCUT2D eigenvalue weighted by Crippen LogP contribution is -2.44. The molecule has 0 bridgehead atoms. The van der Waals surface area contributed by atoms with Crippen LogP contribution in [0, 0.1) is 5.92 Å². The molecule has 0 spiro atoms. The number of nitrogens with zero attached hydrogens (tertiary/aromatic N) is 3. The fourth-order valence-corrected chi connectivity index (χ4v) is 1.48. The maximum Gasteiger partial charge on any atom is 0.239 e. The van der Waals surface area contributed by atoms with Crippen molar-refractivity contribution >= 4 is 5.91 Å². The standard InChI is InChI=1S/C12H20N4O2/c1-8(2)10(13)12(17)16(3)7-9-11(18-4)15-6-5-14-9/h5-6,8,10H,7,13H2,1-4H3. The van der Waals surface area contributed by atoms with E-state index in [-0.39, 0.29) is 11.8 Å². The van der Waals surface area contributed by atoms with Crippen LogP contribution in [0.2, 0.25) is 0 Å². The van der Waals surface area contributed by atoms with Crippen molar-refractivity contribution in [3.63, 3.8) is 0 Å². The first-order valence-corrected chi connectivity index (χ1v) is 5.81. The van der Waals surface area contributed by atoms with E-state index in [4.69, 9.17) is 10.5 Å². The largest absolute Gasteiger partial charge is 0.480 e. The number of hydrogen-bond acceptors (Lipinski definition) is 5. The van der Waals surface area contributed by atoms with Gasteiger partial charge in [0.25, 0.3) is 0 Å². The predicted octanol–water partition coefficient (Wildman–Crippen LogP) is 0.427. The second kappa shape index (κ2) is 6.30. The summed E-state index contributed by atoms with van der Waals surface area (Å²) < 4.78 is 5.09. The summed E-state index contributed by atoms with van der Waals surface area (Å²) in [4.78, 5) is 21.7. The molecule has 0 saturated heterocycles. The molecule has 0 aliphatic heterocycles. The first-order valence-electron chi connectivity index (χ1n) is 5.81. The molecule has 6 nitrogen and oxygen atoms in total. The SMILES string of the molecule is COc1nccnc1CN(C)C(=O)C(N)C(C)C. The van der Waals surface area contributed by atoms with Crippen LogP contribution in [0.25, 0.3) is 0 Å². The Kier molecular flexibility index (Phi) is 5.03. The molecule has 1 aromatic heterocycles. The summed E-state index contributed by atoms with van der Waals surface area (Å²) >= 11 is 0. The number of amides is 1. The normalized spacial score (nSPS) is 12.3. The number of carbonyl (C=O) groups excluding carboxylic acids is 1. The molecule has 0 aliphatic rings. The number of likely N-dealkylation sites (N-methyl/N-ethyl adjacent to an activating group) is 1. The molecular formula is C12H20N4O2. The van der Waals surface area contributed by atoms with Crippen LogP contribution in [0.1, 0.15) is 19.5 Å². The van der Waals surface area contributed by atoms with Gasteiger partial charge in [-0.2, -0.15) is 0 Å². The average Bonchev–Trinajstić information content (AvgIpc) is 2.37. The van der Waals surface area contributed by atoms with Gasteiger partial charge in [-0.3, -0.25) is 9.78 Å². The Labute approximate surface area is 107 Å². The number of rotatable bonds is 5. The summed E-state index contributed by atoms with van der Waals surface area (Å²) in [5.41, 5.74) is 6.44. The highest BCUT2D eigenvalue weighted by Crippen LogP contribution is 2.13. The number of aromatic nitrogens is 2. The zero-order valence-electron chi connectivity index (χ0n) is 11.3. The summed E-state index contributed by atoms with van der Waals surface area (Å²) in [5.74, 6) is 0.414. The number of carbonyl (C=O) groups is 1. The van der Waals surface area contributed by atoms with Crippen LogP contribution in [0.3, 0.4) is 0 Å². The minimum Gasteiger partial charge on any atom is -0.480 e.